The minimum absolute atomic E-state index is 0.0146. The zero-order chi connectivity index (χ0) is 43.5. The Balaban J connectivity index is 1.38. The summed E-state index contributed by atoms with van der Waals surface area (Å²) in [6.45, 7) is 16.6. The van der Waals surface area contributed by atoms with Crippen molar-refractivity contribution < 1.29 is 52.7 Å². The number of carbonyl (C=O) groups excluding carboxylic acids is 3. The number of aliphatic imine (C=N–C) groups is 1. The average molecular weight is 842 g/mol. The minimum atomic E-state index is -1.15. The molecule has 1 aromatic carbocycles. The van der Waals surface area contributed by atoms with Crippen LogP contribution in [0.3, 0.4) is 0 Å². The summed E-state index contributed by atoms with van der Waals surface area (Å²) in [6.07, 6.45) is -3.62. The number of aliphatic hydroxyl groups is 1. The maximum absolute atomic E-state index is 14.5. The Labute approximate surface area is 354 Å². The molecule has 0 aliphatic carbocycles. The number of aliphatic hydroxyl groups excluding tert-OH is 1. The molecule has 60 heavy (non-hydrogen) atoms. The van der Waals surface area contributed by atoms with Gasteiger partial charge in [0.15, 0.2) is 11.9 Å². The van der Waals surface area contributed by atoms with Crippen LogP contribution in [0.15, 0.2) is 40.5 Å². The lowest BCUT2D eigenvalue weighted by Gasteiger charge is -2.48. The van der Waals surface area contributed by atoms with Gasteiger partial charge >= 0.3 is 12.1 Å². The van der Waals surface area contributed by atoms with Gasteiger partial charge in [0.05, 0.1) is 62.2 Å². The van der Waals surface area contributed by atoms with Crippen molar-refractivity contribution in [2.45, 2.75) is 135 Å². The van der Waals surface area contributed by atoms with Gasteiger partial charge in [0.1, 0.15) is 24.5 Å². The second-order valence-corrected chi connectivity index (χ2v) is 18.0. The van der Waals surface area contributed by atoms with Gasteiger partial charge in [-0.15, -0.1) is 0 Å². The van der Waals surface area contributed by atoms with Crippen LogP contribution in [-0.4, -0.2) is 158 Å². The first kappa shape index (κ1) is 45.8. The fourth-order valence-electron chi connectivity index (χ4n) is 10.3. The Bertz CT molecular complexity index is 1730. The number of cyclic esters (lactones) is 1. The Kier molecular flexibility index (Phi) is 14.6. The van der Waals surface area contributed by atoms with Crippen LogP contribution in [0.1, 0.15) is 85.0 Å². The topological polar surface area (TPSA) is 179 Å². The van der Waals surface area contributed by atoms with Gasteiger partial charge in [-0.2, -0.15) is 0 Å². The summed E-state index contributed by atoms with van der Waals surface area (Å²) >= 11 is 0. The molecule has 2 amide bonds. The van der Waals surface area contributed by atoms with Gasteiger partial charge in [0, 0.05) is 35.7 Å². The lowest BCUT2D eigenvalue weighted by molar-refractivity contribution is -0.302. The second kappa shape index (κ2) is 19.2. The van der Waals surface area contributed by atoms with Gasteiger partial charge in [-0.3, -0.25) is 19.5 Å². The molecule has 334 valence electrons. The van der Waals surface area contributed by atoms with Crippen molar-refractivity contribution in [3.05, 3.63) is 35.9 Å². The number of oxime groups is 1. The molecule has 4 saturated heterocycles. The smallest absolute Gasteiger partial charge is 0.410 e. The molecule has 1 aromatic rings. The van der Waals surface area contributed by atoms with E-state index in [1.54, 1.807) is 36.1 Å². The Morgan fingerprint density at radius 3 is 2.52 bits per heavy atom. The minimum Gasteiger partial charge on any atom is -0.458 e. The predicted molar refractivity (Wildman–Crippen MR) is 223 cm³/mol. The SMILES string of the molecule is CC[C@H]1OC(=O)[C@@H](C)[C@H]2OCC(=NOCCNC(=O)c3ccccc3)CO[C@](C)(C[C@@H](C)C3=NCCN4C(=O)O[C@@]1(C)[C@H]4[C@H]3C)[C@H](O[C@H]1O[C@@H](C)C[C@@H](N(C)C)[C@@H]1O)[C@H]2C. The zero-order valence-corrected chi connectivity index (χ0v) is 37.0. The number of likely N-dealkylation sites (N-methyl/N-ethyl adjacent to an activating group) is 1. The van der Waals surface area contributed by atoms with E-state index in [1.165, 1.54) is 0 Å². The standard InChI is InChI=1S/C44H67N5O11/c1-11-33-44(8)37-27(4)34(45-17-19-49(37)42(53)60-44)25(2)22-43(7)38(59-41-35(50)32(48(9)10)21-26(3)57-41)28(5)36(29(6)40(52)58-33)54-23-31(24-55-43)47-56-20-18-46-39(51)30-15-13-12-14-16-30/h12-16,25-29,32-33,35-38,41,50H,11,17-24H2,1-10H3,(H,46,51)/t25-,26+,27+,28+,29+,32-,33-,35+,36+,37-,38-,41-,43-,44-/m1/s1. The van der Waals surface area contributed by atoms with Crippen molar-refractivity contribution in [1.29, 1.82) is 0 Å². The third-order valence-electron chi connectivity index (χ3n) is 13.3. The lowest BCUT2D eigenvalue weighted by Crippen LogP contribution is -2.60. The maximum Gasteiger partial charge on any atom is 0.410 e. The summed E-state index contributed by atoms with van der Waals surface area (Å²) in [7, 11) is 3.85. The van der Waals surface area contributed by atoms with Crippen molar-refractivity contribution in [2.24, 2.45) is 33.8 Å². The molecule has 16 heteroatoms. The summed E-state index contributed by atoms with van der Waals surface area (Å²) in [4.78, 5) is 55.2. The number of hydrogen-bond acceptors (Lipinski definition) is 14. The molecule has 5 heterocycles. The van der Waals surface area contributed by atoms with Crippen molar-refractivity contribution in [1.82, 2.24) is 15.1 Å². The first-order chi connectivity index (χ1) is 28.5. The lowest BCUT2D eigenvalue weighted by atomic mass is 9.72. The van der Waals surface area contributed by atoms with Crippen LogP contribution >= 0.6 is 0 Å². The summed E-state index contributed by atoms with van der Waals surface area (Å²) in [5, 5.41) is 19.0. The number of hydrogen-bond donors (Lipinski definition) is 2. The monoisotopic (exact) mass is 841 g/mol. The predicted octanol–water partition coefficient (Wildman–Crippen LogP) is 4.08. The molecule has 0 radical (unpaired) electrons. The first-order valence-corrected chi connectivity index (χ1v) is 21.6. The third-order valence-corrected chi connectivity index (χ3v) is 13.3. The van der Waals surface area contributed by atoms with Crippen LogP contribution in [0.25, 0.3) is 0 Å². The van der Waals surface area contributed by atoms with Crippen LogP contribution < -0.4 is 5.32 Å². The largest absolute Gasteiger partial charge is 0.458 e. The van der Waals surface area contributed by atoms with Gasteiger partial charge in [-0.1, -0.05) is 51.0 Å². The van der Waals surface area contributed by atoms with Crippen LogP contribution in [0.4, 0.5) is 4.79 Å². The molecule has 4 fully saturated rings. The van der Waals surface area contributed by atoms with Crippen molar-refractivity contribution in [3.63, 3.8) is 0 Å². The second-order valence-electron chi connectivity index (χ2n) is 18.0. The van der Waals surface area contributed by atoms with E-state index in [4.69, 9.17) is 38.3 Å². The van der Waals surface area contributed by atoms with Gasteiger partial charge < -0.3 is 48.6 Å². The molecule has 16 nitrogen and oxygen atoms in total. The Morgan fingerprint density at radius 1 is 1.08 bits per heavy atom. The summed E-state index contributed by atoms with van der Waals surface area (Å²) in [5.41, 5.74) is -0.405. The normalized spacial score (nSPS) is 39.7. The van der Waals surface area contributed by atoms with Gasteiger partial charge in [0.2, 0.25) is 0 Å². The summed E-state index contributed by atoms with van der Waals surface area (Å²) in [5.74, 6) is -2.58. The molecule has 0 saturated carbocycles. The number of nitrogens with one attached hydrogen (secondary N) is 1. The molecule has 5 aliphatic heterocycles. The van der Waals surface area contributed by atoms with Gasteiger partial charge in [0.25, 0.3) is 5.91 Å². The average Bonchev–Trinajstić information content (AvgIpc) is 3.36. The molecule has 0 unspecified atom stereocenters. The molecule has 6 rings (SSSR count). The van der Waals surface area contributed by atoms with E-state index < -0.39 is 71.8 Å². The number of carbonyl (C=O) groups is 3. The maximum atomic E-state index is 14.5. The number of benzene rings is 1. The number of amides is 2. The third kappa shape index (κ3) is 9.53. The number of nitrogens with zero attached hydrogens (tertiary/aromatic N) is 4. The molecular formula is C44H67N5O11. The number of ether oxygens (including phenoxy) is 6. The van der Waals surface area contributed by atoms with E-state index in [1.807, 2.05) is 59.7 Å². The highest BCUT2D eigenvalue weighted by molar-refractivity contribution is 5.94. The number of rotatable bonds is 9. The highest BCUT2D eigenvalue weighted by atomic mass is 16.7. The molecule has 4 bridgehead atoms. The molecule has 5 aliphatic rings. The van der Waals surface area contributed by atoms with Crippen LogP contribution in [0.5, 0.6) is 0 Å². The quantitative estimate of drug-likeness (QED) is 0.207. The van der Waals surface area contributed by atoms with Crippen LogP contribution in [0.2, 0.25) is 0 Å². The highest BCUT2D eigenvalue weighted by Gasteiger charge is 2.60. The van der Waals surface area contributed by atoms with E-state index in [9.17, 15) is 19.5 Å². The van der Waals surface area contributed by atoms with Gasteiger partial charge in [-0.05, 0) is 79.1 Å². The molecular weight excluding hydrogens is 775 g/mol. The molecule has 0 spiro atoms. The molecule has 0 aromatic heterocycles. The summed E-state index contributed by atoms with van der Waals surface area (Å²) in [6, 6.07) is 8.24. The fraction of sp³-hybridized carbons (Fsp3) is 0.750. The van der Waals surface area contributed by atoms with E-state index >= 15 is 0 Å². The number of esters is 1. The van der Waals surface area contributed by atoms with Crippen LogP contribution in [0, 0.1) is 23.7 Å². The van der Waals surface area contributed by atoms with Crippen molar-refractivity contribution in [3.8, 4) is 0 Å². The zero-order valence-electron chi connectivity index (χ0n) is 37.0. The van der Waals surface area contributed by atoms with E-state index in [0.29, 0.717) is 43.6 Å². The Morgan fingerprint density at radius 2 is 1.82 bits per heavy atom. The fourth-order valence-corrected chi connectivity index (χ4v) is 10.3. The van der Waals surface area contributed by atoms with E-state index in [2.05, 4.69) is 24.3 Å². The Hall–Kier alpha value is -3.67. The number of fused-ring (bicyclic) bond motifs is 4. The van der Waals surface area contributed by atoms with Crippen molar-refractivity contribution >= 4 is 29.4 Å². The van der Waals surface area contributed by atoms with Crippen molar-refractivity contribution in [2.75, 3.05) is 53.6 Å². The van der Waals surface area contributed by atoms with E-state index in [0.717, 1.165) is 5.71 Å². The molecule has 14 atom stereocenters. The van der Waals surface area contributed by atoms with E-state index in [-0.39, 0.29) is 56.3 Å². The van der Waals surface area contributed by atoms with Crippen LogP contribution in [-0.2, 0) is 38.1 Å². The molecule has 2 N–H and O–H groups in total. The summed E-state index contributed by atoms with van der Waals surface area (Å²) < 4.78 is 39.7. The highest BCUT2D eigenvalue weighted by Crippen LogP contribution is 2.45. The van der Waals surface area contributed by atoms with Gasteiger partial charge in [-0.25, -0.2) is 4.79 Å². The first-order valence-electron chi connectivity index (χ1n) is 21.6.